The maximum absolute atomic E-state index is 12.2. The van der Waals surface area contributed by atoms with Crippen LogP contribution in [0.5, 0.6) is 0 Å². The molecule has 118 valence electrons. The summed E-state index contributed by atoms with van der Waals surface area (Å²) in [5.74, 6) is 0.848. The Labute approximate surface area is 134 Å². The molecule has 0 saturated carbocycles. The number of piperidine rings is 1. The summed E-state index contributed by atoms with van der Waals surface area (Å²) >= 11 is 1.49. The summed E-state index contributed by atoms with van der Waals surface area (Å²) in [6, 6.07) is 7.52. The van der Waals surface area contributed by atoms with E-state index in [0.29, 0.717) is 11.5 Å². The van der Waals surface area contributed by atoms with Crippen molar-refractivity contribution >= 4 is 35.0 Å². The topological polar surface area (TPSA) is 61.4 Å². The molecule has 0 aromatic heterocycles. The number of amides is 2. The van der Waals surface area contributed by atoms with Crippen molar-refractivity contribution in [2.24, 2.45) is 0 Å². The van der Waals surface area contributed by atoms with E-state index in [9.17, 15) is 9.59 Å². The molecule has 1 atom stereocenters. The first-order chi connectivity index (χ1) is 10.7. The van der Waals surface area contributed by atoms with Crippen LogP contribution in [-0.4, -0.2) is 42.5 Å². The van der Waals surface area contributed by atoms with Gasteiger partial charge in [-0.3, -0.25) is 9.59 Å². The zero-order chi connectivity index (χ0) is 15.4. The molecule has 2 aliphatic rings. The second-order valence-electron chi connectivity index (χ2n) is 5.72. The molecule has 2 fully saturated rings. The Morgan fingerprint density at radius 2 is 1.91 bits per heavy atom. The van der Waals surface area contributed by atoms with E-state index in [1.165, 1.54) is 36.7 Å². The monoisotopic (exact) mass is 319 g/mol. The highest BCUT2D eigenvalue weighted by molar-refractivity contribution is 8.00. The molecule has 22 heavy (non-hydrogen) atoms. The standard InChI is InChI=1S/C16H21N3O2S/c20-15-11-22-10-14(18-15)16(21)17-12-4-6-13(7-5-12)19-8-2-1-3-9-19/h4-7,14H,1-3,8-11H2,(H,17,21)(H,18,20). The third-order valence-electron chi connectivity index (χ3n) is 4.03. The van der Waals surface area contributed by atoms with Crippen molar-refractivity contribution in [1.29, 1.82) is 0 Å². The predicted molar refractivity (Wildman–Crippen MR) is 90.4 cm³/mol. The number of thioether (sulfide) groups is 1. The third-order valence-corrected chi connectivity index (χ3v) is 5.06. The number of hydrogen-bond acceptors (Lipinski definition) is 4. The molecule has 1 unspecified atom stereocenters. The highest BCUT2D eigenvalue weighted by Crippen LogP contribution is 2.22. The van der Waals surface area contributed by atoms with Gasteiger partial charge in [0.15, 0.2) is 0 Å². The van der Waals surface area contributed by atoms with Gasteiger partial charge in [0.2, 0.25) is 11.8 Å². The van der Waals surface area contributed by atoms with Gasteiger partial charge in [-0.1, -0.05) is 0 Å². The molecule has 0 radical (unpaired) electrons. The molecular formula is C16H21N3O2S. The van der Waals surface area contributed by atoms with Crippen molar-refractivity contribution in [3.05, 3.63) is 24.3 Å². The lowest BCUT2D eigenvalue weighted by molar-refractivity contribution is -0.124. The lowest BCUT2D eigenvalue weighted by atomic mass is 10.1. The SMILES string of the molecule is O=C1CSCC(C(=O)Nc2ccc(N3CCCCC3)cc2)N1. The van der Waals surface area contributed by atoms with Gasteiger partial charge in [-0.05, 0) is 43.5 Å². The molecular weight excluding hydrogens is 298 g/mol. The van der Waals surface area contributed by atoms with Crippen LogP contribution < -0.4 is 15.5 Å². The van der Waals surface area contributed by atoms with Crippen LogP contribution in [0.1, 0.15) is 19.3 Å². The van der Waals surface area contributed by atoms with Crippen LogP contribution in [0.15, 0.2) is 24.3 Å². The van der Waals surface area contributed by atoms with Crippen LogP contribution in [0.3, 0.4) is 0 Å². The summed E-state index contributed by atoms with van der Waals surface area (Å²) in [4.78, 5) is 25.9. The molecule has 2 aliphatic heterocycles. The van der Waals surface area contributed by atoms with E-state index < -0.39 is 6.04 Å². The van der Waals surface area contributed by atoms with Gasteiger partial charge in [-0.2, -0.15) is 0 Å². The highest BCUT2D eigenvalue weighted by Gasteiger charge is 2.25. The maximum Gasteiger partial charge on any atom is 0.247 e. The summed E-state index contributed by atoms with van der Waals surface area (Å²) in [5, 5.41) is 5.60. The van der Waals surface area contributed by atoms with Gasteiger partial charge in [0.05, 0.1) is 5.75 Å². The van der Waals surface area contributed by atoms with Crippen LogP contribution in [0.4, 0.5) is 11.4 Å². The summed E-state index contributed by atoms with van der Waals surface area (Å²) in [6.45, 7) is 2.22. The van der Waals surface area contributed by atoms with E-state index in [1.807, 2.05) is 12.1 Å². The fourth-order valence-electron chi connectivity index (χ4n) is 2.83. The van der Waals surface area contributed by atoms with Gasteiger partial charge in [-0.25, -0.2) is 0 Å². The van der Waals surface area contributed by atoms with E-state index in [0.717, 1.165) is 18.8 Å². The van der Waals surface area contributed by atoms with Crippen LogP contribution in [-0.2, 0) is 9.59 Å². The predicted octanol–water partition coefficient (Wildman–Crippen LogP) is 1.85. The molecule has 2 saturated heterocycles. The zero-order valence-electron chi connectivity index (χ0n) is 12.5. The molecule has 0 aliphatic carbocycles. The largest absolute Gasteiger partial charge is 0.372 e. The molecule has 2 amide bonds. The lowest BCUT2D eigenvalue weighted by Gasteiger charge is -2.29. The quantitative estimate of drug-likeness (QED) is 0.892. The molecule has 2 heterocycles. The van der Waals surface area contributed by atoms with E-state index in [4.69, 9.17) is 0 Å². The molecule has 0 spiro atoms. The Morgan fingerprint density at radius 1 is 1.18 bits per heavy atom. The van der Waals surface area contributed by atoms with Crippen molar-refractivity contribution in [1.82, 2.24) is 5.32 Å². The summed E-state index contributed by atoms with van der Waals surface area (Å²) in [5.41, 5.74) is 1.98. The number of carbonyl (C=O) groups is 2. The Kier molecular flexibility index (Phi) is 4.87. The molecule has 0 bridgehead atoms. The van der Waals surface area contributed by atoms with E-state index in [2.05, 4.69) is 27.7 Å². The van der Waals surface area contributed by atoms with Crippen molar-refractivity contribution in [3.63, 3.8) is 0 Å². The molecule has 2 N–H and O–H groups in total. The lowest BCUT2D eigenvalue weighted by Crippen LogP contribution is -2.49. The number of hydrogen-bond donors (Lipinski definition) is 2. The van der Waals surface area contributed by atoms with Crippen LogP contribution >= 0.6 is 11.8 Å². The van der Waals surface area contributed by atoms with Crippen molar-refractivity contribution in [2.45, 2.75) is 25.3 Å². The summed E-state index contributed by atoms with van der Waals surface area (Å²) < 4.78 is 0. The maximum atomic E-state index is 12.2. The molecule has 5 nitrogen and oxygen atoms in total. The Balaban J connectivity index is 1.58. The third kappa shape index (κ3) is 3.74. The van der Waals surface area contributed by atoms with Crippen LogP contribution in [0.2, 0.25) is 0 Å². The van der Waals surface area contributed by atoms with Gasteiger partial charge in [0, 0.05) is 30.2 Å². The first-order valence-electron chi connectivity index (χ1n) is 7.75. The zero-order valence-corrected chi connectivity index (χ0v) is 13.3. The minimum atomic E-state index is -0.437. The fourth-order valence-corrected chi connectivity index (χ4v) is 3.68. The first-order valence-corrected chi connectivity index (χ1v) is 8.91. The first kappa shape index (κ1) is 15.2. The Bertz CT molecular complexity index is 541. The number of nitrogens with zero attached hydrogens (tertiary/aromatic N) is 1. The second kappa shape index (κ2) is 7.05. The van der Waals surface area contributed by atoms with Gasteiger partial charge in [0.25, 0.3) is 0 Å². The number of benzene rings is 1. The molecule has 1 aromatic rings. The highest BCUT2D eigenvalue weighted by atomic mass is 32.2. The smallest absolute Gasteiger partial charge is 0.247 e. The number of carbonyl (C=O) groups excluding carboxylic acids is 2. The minimum absolute atomic E-state index is 0.0724. The number of anilines is 2. The van der Waals surface area contributed by atoms with Crippen LogP contribution in [0.25, 0.3) is 0 Å². The second-order valence-corrected chi connectivity index (χ2v) is 6.75. The molecule has 1 aromatic carbocycles. The van der Waals surface area contributed by atoms with Gasteiger partial charge < -0.3 is 15.5 Å². The van der Waals surface area contributed by atoms with Gasteiger partial charge in [0.1, 0.15) is 6.04 Å². The molecule has 6 heteroatoms. The summed E-state index contributed by atoms with van der Waals surface area (Å²) in [6.07, 6.45) is 3.81. The average Bonchev–Trinajstić information content (AvgIpc) is 2.56. The normalized spacial score (nSPS) is 22.1. The average molecular weight is 319 g/mol. The van der Waals surface area contributed by atoms with Crippen LogP contribution in [0, 0.1) is 0 Å². The Hall–Kier alpha value is -1.69. The number of rotatable bonds is 3. The summed E-state index contributed by atoms with van der Waals surface area (Å²) in [7, 11) is 0. The number of nitrogens with one attached hydrogen (secondary N) is 2. The minimum Gasteiger partial charge on any atom is -0.372 e. The van der Waals surface area contributed by atoms with Gasteiger partial charge >= 0.3 is 0 Å². The fraction of sp³-hybridized carbons (Fsp3) is 0.500. The van der Waals surface area contributed by atoms with Crippen molar-refractivity contribution in [3.8, 4) is 0 Å². The van der Waals surface area contributed by atoms with Crippen molar-refractivity contribution in [2.75, 3.05) is 34.8 Å². The molecule has 3 rings (SSSR count). The van der Waals surface area contributed by atoms with Gasteiger partial charge in [-0.15, -0.1) is 11.8 Å². The Morgan fingerprint density at radius 3 is 2.59 bits per heavy atom. The van der Waals surface area contributed by atoms with Crippen molar-refractivity contribution < 1.29 is 9.59 Å². The van der Waals surface area contributed by atoms with E-state index in [1.54, 1.807) is 0 Å². The van der Waals surface area contributed by atoms with E-state index >= 15 is 0 Å². The van der Waals surface area contributed by atoms with E-state index in [-0.39, 0.29) is 11.8 Å².